The monoisotopic (exact) mass is 244 g/mol. The second-order valence-electron chi connectivity index (χ2n) is 5.86. The maximum atomic E-state index is 12.1. The average Bonchev–Trinajstić information content (AvgIpc) is 2.09. The maximum absolute atomic E-state index is 12.1. The number of hydrogen-bond acceptors (Lipinski definition) is 3. The van der Waals surface area contributed by atoms with Crippen molar-refractivity contribution in [3.8, 4) is 0 Å². The minimum atomic E-state index is -0.387. The van der Waals surface area contributed by atoms with Crippen molar-refractivity contribution < 1.29 is 14.7 Å². The third kappa shape index (κ3) is 3.10. The van der Waals surface area contributed by atoms with Crippen LogP contribution in [0.4, 0.5) is 4.79 Å². The number of amides is 2. The summed E-state index contributed by atoms with van der Waals surface area (Å²) in [5.74, 6) is 0. The van der Waals surface area contributed by atoms with Gasteiger partial charge in [0.2, 0.25) is 0 Å². The number of likely N-dealkylation sites (tertiary alicyclic amines) is 1. The van der Waals surface area contributed by atoms with Gasteiger partial charge in [0, 0.05) is 11.1 Å². The van der Waals surface area contributed by atoms with Crippen molar-refractivity contribution in [2.24, 2.45) is 0 Å². The van der Waals surface area contributed by atoms with Crippen LogP contribution in [0.25, 0.3) is 0 Å². The van der Waals surface area contributed by atoms with Crippen LogP contribution in [-0.2, 0) is 4.84 Å². The van der Waals surface area contributed by atoms with E-state index >= 15 is 0 Å². The van der Waals surface area contributed by atoms with Crippen molar-refractivity contribution in [1.82, 2.24) is 10.4 Å². The zero-order valence-corrected chi connectivity index (χ0v) is 11.4. The Bertz CT molecular complexity index is 271. The highest BCUT2D eigenvalue weighted by Gasteiger charge is 2.47. The van der Waals surface area contributed by atoms with Crippen LogP contribution in [0.15, 0.2) is 0 Å². The standard InChI is InChI=1S/C12H24N2O3/c1-6-17-13-10(16)14-11(2,3)7-9(15)8-12(14,4)5/h9,15H,6-8H2,1-5H3,(H,13,16). The van der Waals surface area contributed by atoms with E-state index in [2.05, 4.69) is 5.48 Å². The molecule has 0 aromatic heterocycles. The van der Waals surface area contributed by atoms with Crippen molar-refractivity contribution in [1.29, 1.82) is 0 Å². The highest BCUT2D eigenvalue weighted by atomic mass is 16.7. The van der Waals surface area contributed by atoms with Crippen LogP contribution in [0.1, 0.15) is 47.5 Å². The molecule has 2 amide bonds. The highest BCUT2D eigenvalue weighted by Crippen LogP contribution is 2.38. The van der Waals surface area contributed by atoms with Gasteiger partial charge in [0.25, 0.3) is 0 Å². The number of carbonyl (C=O) groups excluding carboxylic acids is 1. The molecule has 1 fully saturated rings. The molecule has 0 radical (unpaired) electrons. The van der Waals surface area contributed by atoms with Crippen LogP contribution in [0, 0.1) is 0 Å². The molecule has 2 N–H and O–H groups in total. The van der Waals surface area contributed by atoms with E-state index in [1.54, 1.807) is 4.90 Å². The van der Waals surface area contributed by atoms with Gasteiger partial charge < -0.3 is 10.0 Å². The molecule has 5 nitrogen and oxygen atoms in total. The summed E-state index contributed by atoms with van der Waals surface area (Å²) >= 11 is 0. The average molecular weight is 244 g/mol. The normalized spacial score (nSPS) is 23.5. The second kappa shape index (κ2) is 4.82. The fraction of sp³-hybridized carbons (Fsp3) is 0.917. The number of urea groups is 1. The summed E-state index contributed by atoms with van der Waals surface area (Å²) < 4.78 is 0. The Kier molecular flexibility index (Phi) is 4.04. The first-order chi connectivity index (χ1) is 7.70. The van der Waals surface area contributed by atoms with Crippen molar-refractivity contribution in [3.05, 3.63) is 0 Å². The predicted octanol–water partition coefficient (Wildman–Crippen LogP) is 1.66. The Labute approximate surface area is 103 Å². The van der Waals surface area contributed by atoms with Crippen LogP contribution in [-0.4, -0.2) is 39.8 Å². The molecule has 1 aliphatic heterocycles. The number of aliphatic hydroxyl groups is 1. The fourth-order valence-electron chi connectivity index (χ4n) is 2.96. The molecule has 1 saturated heterocycles. The molecule has 5 heteroatoms. The number of carbonyl (C=O) groups is 1. The number of rotatable bonds is 2. The van der Waals surface area contributed by atoms with Gasteiger partial charge in [-0.3, -0.25) is 4.84 Å². The largest absolute Gasteiger partial charge is 0.393 e. The summed E-state index contributed by atoms with van der Waals surface area (Å²) in [7, 11) is 0. The van der Waals surface area contributed by atoms with Crippen LogP contribution in [0.5, 0.6) is 0 Å². The van der Waals surface area contributed by atoms with Crippen molar-refractivity contribution in [2.45, 2.75) is 64.6 Å². The lowest BCUT2D eigenvalue weighted by Gasteiger charge is -2.53. The second-order valence-corrected chi connectivity index (χ2v) is 5.86. The first-order valence-corrected chi connectivity index (χ1v) is 6.11. The van der Waals surface area contributed by atoms with E-state index in [-0.39, 0.29) is 23.2 Å². The van der Waals surface area contributed by atoms with Crippen LogP contribution < -0.4 is 5.48 Å². The number of nitrogens with zero attached hydrogens (tertiary/aromatic N) is 1. The Balaban J connectivity index is 2.88. The summed E-state index contributed by atoms with van der Waals surface area (Å²) in [5, 5.41) is 9.87. The molecule has 0 unspecified atom stereocenters. The van der Waals surface area contributed by atoms with E-state index in [0.29, 0.717) is 19.4 Å². The van der Waals surface area contributed by atoms with Gasteiger partial charge >= 0.3 is 6.03 Å². The lowest BCUT2D eigenvalue weighted by molar-refractivity contribution is -0.0632. The van der Waals surface area contributed by atoms with Gasteiger partial charge in [-0.2, -0.15) is 0 Å². The van der Waals surface area contributed by atoms with Gasteiger partial charge in [-0.25, -0.2) is 10.3 Å². The predicted molar refractivity (Wildman–Crippen MR) is 65.4 cm³/mol. The summed E-state index contributed by atoms with van der Waals surface area (Å²) in [6.45, 7) is 10.1. The zero-order valence-electron chi connectivity index (χ0n) is 11.4. The van der Waals surface area contributed by atoms with Gasteiger partial charge in [0.15, 0.2) is 0 Å². The summed E-state index contributed by atoms with van der Waals surface area (Å²) in [6.07, 6.45) is 0.794. The van der Waals surface area contributed by atoms with E-state index in [4.69, 9.17) is 4.84 Å². The Morgan fingerprint density at radius 2 is 1.82 bits per heavy atom. The molecular formula is C12H24N2O3. The molecule has 1 aliphatic rings. The van der Waals surface area contributed by atoms with Crippen molar-refractivity contribution >= 4 is 6.03 Å². The van der Waals surface area contributed by atoms with Gasteiger partial charge in [-0.15, -0.1) is 0 Å². The lowest BCUT2D eigenvalue weighted by Crippen LogP contribution is -2.65. The van der Waals surface area contributed by atoms with Gasteiger partial charge in [-0.05, 0) is 47.5 Å². The molecule has 0 aliphatic carbocycles. The molecule has 100 valence electrons. The van der Waals surface area contributed by atoms with E-state index < -0.39 is 0 Å². The van der Waals surface area contributed by atoms with E-state index in [9.17, 15) is 9.90 Å². The molecule has 0 aromatic carbocycles. The van der Waals surface area contributed by atoms with Crippen molar-refractivity contribution in [2.75, 3.05) is 6.61 Å². The summed E-state index contributed by atoms with van der Waals surface area (Å²) in [4.78, 5) is 18.8. The SMILES string of the molecule is CCONC(=O)N1C(C)(C)CC(O)CC1(C)C. The number of hydrogen-bond donors (Lipinski definition) is 2. The number of piperidine rings is 1. The number of nitrogens with one attached hydrogen (secondary N) is 1. The quantitative estimate of drug-likeness (QED) is 0.726. The van der Waals surface area contributed by atoms with Crippen LogP contribution in [0.2, 0.25) is 0 Å². The third-order valence-corrected chi connectivity index (χ3v) is 3.19. The molecule has 1 rings (SSSR count). The molecule has 0 saturated carbocycles. The minimum Gasteiger partial charge on any atom is -0.393 e. The molecule has 0 bridgehead atoms. The van der Waals surface area contributed by atoms with Gasteiger partial charge in [0.1, 0.15) is 0 Å². The number of aliphatic hydroxyl groups excluding tert-OH is 1. The van der Waals surface area contributed by atoms with Crippen molar-refractivity contribution in [3.63, 3.8) is 0 Å². The Hall–Kier alpha value is -0.810. The Morgan fingerprint density at radius 3 is 2.24 bits per heavy atom. The smallest absolute Gasteiger partial charge is 0.342 e. The number of hydroxylamine groups is 1. The van der Waals surface area contributed by atoms with E-state index in [1.807, 2.05) is 34.6 Å². The molecule has 17 heavy (non-hydrogen) atoms. The molecule has 0 atom stereocenters. The zero-order chi connectivity index (χ0) is 13.3. The van der Waals surface area contributed by atoms with Gasteiger partial charge in [0.05, 0.1) is 12.7 Å². The third-order valence-electron chi connectivity index (χ3n) is 3.19. The topological polar surface area (TPSA) is 61.8 Å². The first kappa shape index (κ1) is 14.3. The molecule has 0 spiro atoms. The molecular weight excluding hydrogens is 220 g/mol. The Morgan fingerprint density at radius 1 is 1.35 bits per heavy atom. The fourth-order valence-corrected chi connectivity index (χ4v) is 2.96. The van der Waals surface area contributed by atoms with E-state index in [0.717, 1.165) is 0 Å². The van der Waals surface area contributed by atoms with E-state index in [1.165, 1.54) is 0 Å². The molecule has 1 heterocycles. The molecule has 0 aromatic rings. The summed E-state index contributed by atoms with van der Waals surface area (Å²) in [5.41, 5.74) is 1.66. The lowest BCUT2D eigenvalue weighted by atomic mass is 9.78. The first-order valence-electron chi connectivity index (χ1n) is 6.11. The summed E-state index contributed by atoms with van der Waals surface area (Å²) in [6, 6.07) is -0.242. The minimum absolute atomic E-state index is 0.242. The maximum Gasteiger partial charge on any atom is 0.342 e. The van der Waals surface area contributed by atoms with Crippen LogP contribution >= 0.6 is 0 Å². The van der Waals surface area contributed by atoms with Gasteiger partial charge in [-0.1, -0.05) is 0 Å². The van der Waals surface area contributed by atoms with Crippen LogP contribution in [0.3, 0.4) is 0 Å². The highest BCUT2D eigenvalue weighted by molar-refractivity contribution is 5.75.